The molecule has 2 N–H and O–H groups in total. The fourth-order valence-electron chi connectivity index (χ4n) is 2.57. The molecule has 0 saturated carbocycles. The highest BCUT2D eigenvalue weighted by Crippen LogP contribution is 2.22. The van der Waals surface area contributed by atoms with Crippen molar-refractivity contribution in [3.8, 4) is 0 Å². The van der Waals surface area contributed by atoms with Gasteiger partial charge in [0.1, 0.15) is 0 Å². The van der Waals surface area contributed by atoms with Crippen LogP contribution in [0.25, 0.3) is 0 Å². The van der Waals surface area contributed by atoms with Gasteiger partial charge in [-0.25, -0.2) is 0 Å². The van der Waals surface area contributed by atoms with Crippen molar-refractivity contribution < 1.29 is 0 Å². The van der Waals surface area contributed by atoms with Crippen LogP contribution >= 0.6 is 24.0 Å². The molecule has 0 radical (unpaired) electrons. The van der Waals surface area contributed by atoms with Crippen LogP contribution in [0.3, 0.4) is 0 Å². The number of pyridine rings is 1. The van der Waals surface area contributed by atoms with Crippen LogP contribution in [0.5, 0.6) is 0 Å². The van der Waals surface area contributed by atoms with Gasteiger partial charge in [-0.15, -0.1) is 24.0 Å². The summed E-state index contributed by atoms with van der Waals surface area (Å²) in [5, 5.41) is 6.70. The van der Waals surface area contributed by atoms with E-state index in [1.54, 1.807) is 7.05 Å². The van der Waals surface area contributed by atoms with Crippen LogP contribution in [0, 0.1) is 0 Å². The van der Waals surface area contributed by atoms with E-state index in [0.717, 1.165) is 37.6 Å². The number of hydrogen-bond acceptors (Lipinski definition) is 2. The van der Waals surface area contributed by atoms with Crippen molar-refractivity contribution in [2.75, 3.05) is 20.1 Å². The van der Waals surface area contributed by atoms with Crippen LogP contribution in [0.4, 0.5) is 0 Å². The van der Waals surface area contributed by atoms with E-state index in [0.29, 0.717) is 0 Å². The number of nitrogens with one attached hydrogen (secondary N) is 2. The Morgan fingerprint density at radius 3 is 2.15 bits per heavy atom. The van der Waals surface area contributed by atoms with Gasteiger partial charge in [0.25, 0.3) is 0 Å². The molecule has 142 valence electrons. The van der Waals surface area contributed by atoms with Crippen molar-refractivity contribution in [2.45, 2.75) is 39.0 Å². The number of guanidine groups is 1. The Bertz CT molecular complexity index is 661. The minimum atomic E-state index is 0. The number of benzene rings is 1. The summed E-state index contributed by atoms with van der Waals surface area (Å²) in [5.74, 6) is 0.835. The molecule has 5 heteroatoms. The number of aromatic nitrogens is 1. The van der Waals surface area contributed by atoms with E-state index in [4.69, 9.17) is 0 Å². The highest BCUT2D eigenvalue weighted by atomic mass is 127. The fourth-order valence-corrected chi connectivity index (χ4v) is 2.57. The number of hydrogen-bond donors (Lipinski definition) is 2. The lowest BCUT2D eigenvalue weighted by molar-refractivity contribution is 0.590. The molecular formula is C21H31IN4. The summed E-state index contributed by atoms with van der Waals surface area (Å²) < 4.78 is 0. The van der Waals surface area contributed by atoms with Crippen LogP contribution in [0.1, 0.15) is 37.6 Å². The third kappa shape index (κ3) is 7.72. The SMILES string of the molecule is CN=C(NCCc1ccc(C(C)(C)C)cc1)NCCc1ccccn1.I. The molecule has 0 atom stereocenters. The third-order valence-electron chi connectivity index (χ3n) is 4.15. The van der Waals surface area contributed by atoms with Crippen molar-refractivity contribution in [2.24, 2.45) is 4.99 Å². The number of halogens is 1. The van der Waals surface area contributed by atoms with Crippen LogP contribution in [0.15, 0.2) is 53.7 Å². The predicted molar refractivity (Wildman–Crippen MR) is 122 cm³/mol. The standard InChI is InChI=1S/C21H30N4.HI/c1-21(2,3)18-10-8-17(9-11-18)12-15-24-20(22-4)25-16-13-19-7-5-6-14-23-19;/h5-11,14H,12-13,15-16H2,1-4H3,(H2,22,24,25);1H. The number of aliphatic imine (C=N–C) groups is 1. The van der Waals surface area contributed by atoms with E-state index >= 15 is 0 Å². The van der Waals surface area contributed by atoms with Gasteiger partial charge in [-0.3, -0.25) is 9.98 Å². The van der Waals surface area contributed by atoms with Gasteiger partial charge in [0, 0.05) is 38.4 Å². The van der Waals surface area contributed by atoms with E-state index in [1.807, 2.05) is 24.4 Å². The molecule has 2 rings (SSSR count). The van der Waals surface area contributed by atoms with E-state index in [-0.39, 0.29) is 29.4 Å². The lowest BCUT2D eigenvalue weighted by Gasteiger charge is -2.19. The van der Waals surface area contributed by atoms with Crippen molar-refractivity contribution in [1.82, 2.24) is 15.6 Å². The second-order valence-electron chi connectivity index (χ2n) is 7.19. The summed E-state index contributed by atoms with van der Waals surface area (Å²) in [4.78, 5) is 8.60. The lowest BCUT2D eigenvalue weighted by atomic mass is 9.86. The Labute approximate surface area is 174 Å². The molecule has 0 amide bonds. The van der Waals surface area contributed by atoms with Crippen molar-refractivity contribution in [1.29, 1.82) is 0 Å². The van der Waals surface area contributed by atoms with Crippen LogP contribution in [-0.2, 0) is 18.3 Å². The van der Waals surface area contributed by atoms with Crippen LogP contribution in [-0.4, -0.2) is 31.1 Å². The molecule has 0 aliphatic heterocycles. The highest BCUT2D eigenvalue weighted by molar-refractivity contribution is 14.0. The van der Waals surface area contributed by atoms with Gasteiger partial charge >= 0.3 is 0 Å². The maximum atomic E-state index is 4.33. The second kappa shape index (κ2) is 11.2. The van der Waals surface area contributed by atoms with E-state index in [9.17, 15) is 0 Å². The zero-order valence-electron chi connectivity index (χ0n) is 16.2. The molecule has 4 nitrogen and oxygen atoms in total. The molecule has 2 aromatic rings. The molecule has 0 fully saturated rings. The molecule has 0 saturated heterocycles. The summed E-state index contributed by atoms with van der Waals surface area (Å²) in [7, 11) is 1.80. The summed E-state index contributed by atoms with van der Waals surface area (Å²) in [6.07, 6.45) is 3.69. The smallest absolute Gasteiger partial charge is 0.190 e. The van der Waals surface area contributed by atoms with E-state index in [2.05, 4.69) is 65.6 Å². The maximum Gasteiger partial charge on any atom is 0.190 e. The van der Waals surface area contributed by atoms with Gasteiger partial charge in [0.15, 0.2) is 5.96 Å². The largest absolute Gasteiger partial charge is 0.356 e. The van der Waals surface area contributed by atoms with Crippen LogP contribution in [0.2, 0.25) is 0 Å². The number of rotatable bonds is 6. The zero-order valence-corrected chi connectivity index (χ0v) is 18.6. The van der Waals surface area contributed by atoms with Gasteiger partial charge in [0.2, 0.25) is 0 Å². The monoisotopic (exact) mass is 466 g/mol. The zero-order chi connectivity index (χ0) is 18.1. The Morgan fingerprint density at radius 1 is 0.962 bits per heavy atom. The molecule has 1 heterocycles. The molecule has 0 aliphatic carbocycles. The molecule has 0 bridgehead atoms. The molecule has 0 spiro atoms. The minimum absolute atomic E-state index is 0. The molecule has 0 aliphatic rings. The minimum Gasteiger partial charge on any atom is -0.356 e. The van der Waals surface area contributed by atoms with Gasteiger partial charge in [0.05, 0.1) is 0 Å². The first-order chi connectivity index (χ1) is 12.0. The van der Waals surface area contributed by atoms with Crippen molar-refractivity contribution >= 4 is 29.9 Å². The Hall–Kier alpha value is -1.63. The Morgan fingerprint density at radius 2 is 1.62 bits per heavy atom. The summed E-state index contributed by atoms with van der Waals surface area (Å²) in [5.41, 5.74) is 4.00. The van der Waals surface area contributed by atoms with E-state index < -0.39 is 0 Å². The molecule has 1 aromatic heterocycles. The van der Waals surface area contributed by atoms with Crippen molar-refractivity contribution in [3.05, 3.63) is 65.5 Å². The molecular weight excluding hydrogens is 435 g/mol. The number of nitrogens with zero attached hydrogens (tertiary/aromatic N) is 2. The average Bonchev–Trinajstić information content (AvgIpc) is 2.61. The lowest BCUT2D eigenvalue weighted by Crippen LogP contribution is -2.39. The first kappa shape index (κ1) is 22.4. The highest BCUT2D eigenvalue weighted by Gasteiger charge is 2.12. The fraction of sp³-hybridized carbons (Fsp3) is 0.429. The first-order valence-corrected chi connectivity index (χ1v) is 8.93. The Kier molecular flexibility index (Phi) is 9.62. The molecule has 26 heavy (non-hydrogen) atoms. The quantitative estimate of drug-likeness (QED) is 0.385. The maximum absolute atomic E-state index is 4.33. The van der Waals surface area contributed by atoms with Gasteiger partial charge in [-0.2, -0.15) is 0 Å². The topological polar surface area (TPSA) is 49.3 Å². The first-order valence-electron chi connectivity index (χ1n) is 8.93. The van der Waals surface area contributed by atoms with Gasteiger partial charge in [-0.1, -0.05) is 51.1 Å². The Balaban J connectivity index is 0.00000338. The van der Waals surface area contributed by atoms with Crippen LogP contribution < -0.4 is 10.6 Å². The van der Waals surface area contributed by atoms with Gasteiger partial charge in [-0.05, 0) is 35.1 Å². The average molecular weight is 466 g/mol. The second-order valence-corrected chi connectivity index (χ2v) is 7.19. The normalized spacial score (nSPS) is 11.6. The molecule has 1 aromatic carbocycles. The summed E-state index contributed by atoms with van der Waals surface area (Å²) in [6, 6.07) is 14.9. The molecule has 0 unspecified atom stereocenters. The van der Waals surface area contributed by atoms with Gasteiger partial charge < -0.3 is 10.6 Å². The predicted octanol–water partition coefficient (Wildman–Crippen LogP) is 3.95. The van der Waals surface area contributed by atoms with Crippen molar-refractivity contribution in [3.63, 3.8) is 0 Å². The summed E-state index contributed by atoms with van der Waals surface area (Å²) in [6.45, 7) is 8.40. The summed E-state index contributed by atoms with van der Waals surface area (Å²) >= 11 is 0. The van der Waals surface area contributed by atoms with E-state index in [1.165, 1.54) is 11.1 Å². The third-order valence-corrected chi connectivity index (χ3v) is 4.15.